The molecule has 0 unspecified atom stereocenters. The van der Waals surface area contributed by atoms with Crippen LogP contribution in [0.15, 0.2) is 65.7 Å². The summed E-state index contributed by atoms with van der Waals surface area (Å²) in [6, 6.07) is 16.5. The highest BCUT2D eigenvalue weighted by molar-refractivity contribution is 5.87. The summed E-state index contributed by atoms with van der Waals surface area (Å²) in [5.74, 6) is 0.698. The van der Waals surface area contributed by atoms with Crippen LogP contribution in [0.4, 0.5) is 0 Å². The number of ether oxygens (including phenoxy) is 1. The van der Waals surface area contributed by atoms with Gasteiger partial charge in [0.1, 0.15) is 0 Å². The average molecular weight is 387 g/mol. The Hall–Kier alpha value is -3.14. The van der Waals surface area contributed by atoms with Crippen LogP contribution in [0.1, 0.15) is 36.6 Å². The second-order valence-corrected chi connectivity index (χ2v) is 7.53. The number of allylic oxidation sites excluding steroid dienone is 1. The summed E-state index contributed by atoms with van der Waals surface area (Å²) in [6.45, 7) is 8.04. The van der Waals surface area contributed by atoms with Gasteiger partial charge in [0.25, 0.3) is 0 Å². The van der Waals surface area contributed by atoms with Crippen molar-refractivity contribution in [3.8, 4) is 22.5 Å². The molecule has 0 bridgehead atoms. The van der Waals surface area contributed by atoms with Crippen LogP contribution < -0.4 is 0 Å². The number of aryl methyl sites for hydroxylation is 1. The Morgan fingerprint density at radius 1 is 1.10 bits per heavy atom. The first-order valence-electron chi connectivity index (χ1n) is 10.0. The normalized spacial score (nSPS) is 14.4. The van der Waals surface area contributed by atoms with Crippen LogP contribution >= 0.6 is 0 Å². The van der Waals surface area contributed by atoms with Crippen molar-refractivity contribution in [3.05, 3.63) is 78.0 Å². The van der Waals surface area contributed by atoms with Crippen molar-refractivity contribution in [1.82, 2.24) is 5.16 Å². The lowest BCUT2D eigenvalue weighted by molar-refractivity contribution is -0.146. The second-order valence-electron chi connectivity index (χ2n) is 7.53. The van der Waals surface area contributed by atoms with Crippen molar-refractivity contribution in [2.24, 2.45) is 0 Å². The summed E-state index contributed by atoms with van der Waals surface area (Å²) < 4.78 is 10.8. The predicted molar refractivity (Wildman–Crippen MR) is 114 cm³/mol. The van der Waals surface area contributed by atoms with Crippen LogP contribution in [0.25, 0.3) is 22.5 Å². The van der Waals surface area contributed by atoms with Gasteiger partial charge >= 0.3 is 5.97 Å². The maximum absolute atomic E-state index is 12.3. The molecule has 2 aromatic carbocycles. The minimum Gasteiger partial charge on any atom is -0.465 e. The van der Waals surface area contributed by atoms with Gasteiger partial charge in [0.2, 0.25) is 0 Å². The first-order chi connectivity index (χ1) is 14.1. The molecule has 29 heavy (non-hydrogen) atoms. The highest BCUT2D eigenvalue weighted by atomic mass is 16.5. The molecule has 4 heteroatoms. The molecule has 1 heterocycles. The fraction of sp³-hybridized carbons (Fsp3) is 0.280. The zero-order chi connectivity index (χ0) is 20.4. The zero-order valence-corrected chi connectivity index (χ0v) is 16.9. The Bertz CT molecular complexity index is 1020. The van der Waals surface area contributed by atoms with Crippen molar-refractivity contribution >= 4 is 5.97 Å². The van der Waals surface area contributed by atoms with Crippen LogP contribution in [0.3, 0.4) is 0 Å². The van der Waals surface area contributed by atoms with Gasteiger partial charge < -0.3 is 9.26 Å². The number of aromatic nitrogens is 1. The van der Waals surface area contributed by atoms with Crippen LogP contribution in [0.5, 0.6) is 0 Å². The number of carbonyl (C=O) groups is 1. The van der Waals surface area contributed by atoms with E-state index in [2.05, 4.69) is 60.3 Å². The Morgan fingerprint density at radius 3 is 2.24 bits per heavy atom. The molecule has 0 atom stereocenters. The second kappa shape index (κ2) is 7.70. The number of benzene rings is 2. The Kier molecular flexibility index (Phi) is 5.10. The molecule has 0 spiro atoms. The maximum Gasteiger partial charge on any atom is 0.316 e. The summed E-state index contributed by atoms with van der Waals surface area (Å²) in [5.41, 5.74) is 5.82. The molecule has 0 aliphatic heterocycles. The summed E-state index contributed by atoms with van der Waals surface area (Å²) in [5, 5.41) is 4.10. The number of hydrogen-bond acceptors (Lipinski definition) is 4. The van der Waals surface area contributed by atoms with Crippen LogP contribution in [0, 0.1) is 6.92 Å². The van der Waals surface area contributed by atoms with Gasteiger partial charge in [-0.15, -0.1) is 6.58 Å². The minimum absolute atomic E-state index is 0.102. The SMILES string of the molecule is C=CCc1c(C)noc1-c1ccc(-c2ccc(C3(C(=O)OCC)CC3)cc2)cc1. The van der Waals surface area contributed by atoms with E-state index >= 15 is 0 Å². The number of esters is 1. The van der Waals surface area contributed by atoms with Crippen molar-refractivity contribution in [1.29, 1.82) is 0 Å². The Labute approximate surface area is 171 Å². The Morgan fingerprint density at radius 2 is 1.69 bits per heavy atom. The fourth-order valence-corrected chi connectivity index (χ4v) is 3.80. The zero-order valence-electron chi connectivity index (χ0n) is 16.9. The van der Waals surface area contributed by atoms with Gasteiger partial charge in [-0.05, 0) is 49.8 Å². The van der Waals surface area contributed by atoms with E-state index < -0.39 is 5.41 Å². The topological polar surface area (TPSA) is 52.3 Å². The number of rotatable bonds is 7. The van der Waals surface area contributed by atoms with Gasteiger partial charge in [-0.2, -0.15) is 0 Å². The Balaban J connectivity index is 1.56. The maximum atomic E-state index is 12.3. The van der Waals surface area contributed by atoms with E-state index in [1.165, 1.54) is 0 Å². The largest absolute Gasteiger partial charge is 0.465 e. The molecule has 1 aromatic heterocycles. The van der Waals surface area contributed by atoms with E-state index in [1.807, 2.05) is 19.9 Å². The van der Waals surface area contributed by atoms with Crippen molar-refractivity contribution in [2.75, 3.05) is 6.61 Å². The fourth-order valence-electron chi connectivity index (χ4n) is 3.80. The number of carbonyl (C=O) groups excluding carboxylic acids is 1. The van der Waals surface area contributed by atoms with Gasteiger partial charge in [-0.3, -0.25) is 4.79 Å². The summed E-state index contributed by atoms with van der Waals surface area (Å²) >= 11 is 0. The van der Waals surface area contributed by atoms with E-state index in [0.29, 0.717) is 6.61 Å². The van der Waals surface area contributed by atoms with Gasteiger partial charge in [0.15, 0.2) is 5.76 Å². The first kappa shape index (κ1) is 19.2. The third-order valence-corrected chi connectivity index (χ3v) is 5.67. The molecule has 148 valence electrons. The quantitative estimate of drug-likeness (QED) is 0.389. The van der Waals surface area contributed by atoms with Crippen LogP contribution in [-0.4, -0.2) is 17.7 Å². The monoisotopic (exact) mass is 387 g/mol. The van der Waals surface area contributed by atoms with Crippen molar-refractivity contribution in [2.45, 2.75) is 38.5 Å². The molecule has 0 radical (unpaired) electrons. The summed E-state index contributed by atoms with van der Waals surface area (Å²) in [4.78, 5) is 12.3. The minimum atomic E-state index is -0.426. The highest BCUT2D eigenvalue weighted by Crippen LogP contribution is 2.49. The first-order valence-corrected chi connectivity index (χ1v) is 10.0. The van der Waals surface area contributed by atoms with Crippen LogP contribution in [-0.2, 0) is 21.4 Å². The van der Waals surface area contributed by atoms with Crippen molar-refractivity contribution in [3.63, 3.8) is 0 Å². The summed E-state index contributed by atoms with van der Waals surface area (Å²) in [6.07, 6.45) is 4.32. The van der Waals surface area contributed by atoms with Gasteiger partial charge in [0, 0.05) is 11.1 Å². The molecule has 4 rings (SSSR count). The van der Waals surface area contributed by atoms with E-state index in [1.54, 1.807) is 0 Å². The lowest BCUT2D eigenvalue weighted by Crippen LogP contribution is -2.23. The molecule has 1 saturated carbocycles. The summed E-state index contributed by atoms with van der Waals surface area (Å²) in [7, 11) is 0. The molecule has 1 aliphatic carbocycles. The van der Waals surface area contributed by atoms with E-state index in [0.717, 1.165) is 58.5 Å². The number of nitrogens with zero attached hydrogens (tertiary/aromatic N) is 1. The molecule has 0 saturated heterocycles. The molecular formula is C25H25NO3. The average Bonchev–Trinajstić information content (AvgIpc) is 3.49. The van der Waals surface area contributed by atoms with E-state index in [-0.39, 0.29) is 5.97 Å². The van der Waals surface area contributed by atoms with E-state index in [9.17, 15) is 4.79 Å². The molecule has 0 N–H and O–H groups in total. The smallest absolute Gasteiger partial charge is 0.316 e. The predicted octanol–water partition coefficient (Wildman–Crippen LogP) is 5.64. The van der Waals surface area contributed by atoms with Crippen molar-refractivity contribution < 1.29 is 14.1 Å². The third-order valence-electron chi connectivity index (χ3n) is 5.67. The number of hydrogen-bond donors (Lipinski definition) is 0. The molecular weight excluding hydrogens is 362 g/mol. The van der Waals surface area contributed by atoms with Gasteiger partial charge in [0.05, 0.1) is 17.7 Å². The van der Waals surface area contributed by atoms with E-state index in [4.69, 9.17) is 9.26 Å². The lowest BCUT2D eigenvalue weighted by atomic mass is 9.93. The molecule has 1 aliphatic rings. The van der Waals surface area contributed by atoms with Crippen LogP contribution in [0.2, 0.25) is 0 Å². The van der Waals surface area contributed by atoms with Gasteiger partial charge in [-0.1, -0.05) is 59.8 Å². The molecule has 0 amide bonds. The molecule has 1 fully saturated rings. The molecule has 4 nitrogen and oxygen atoms in total. The lowest BCUT2D eigenvalue weighted by Gasteiger charge is -2.14. The van der Waals surface area contributed by atoms with Gasteiger partial charge in [-0.25, -0.2) is 0 Å². The highest BCUT2D eigenvalue weighted by Gasteiger charge is 2.52. The standard InChI is InChI=1S/C25H25NO3/c1-4-6-22-17(3)26-29-23(22)20-9-7-18(8-10-20)19-11-13-21(14-12-19)25(15-16-25)24(27)28-5-2/h4,7-14H,1,5-6,15-16H2,2-3H3. The third kappa shape index (κ3) is 3.51. The molecule has 3 aromatic rings.